The highest BCUT2D eigenvalue weighted by atomic mass is 32.1. The van der Waals surface area contributed by atoms with E-state index in [1.165, 1.54) is 0 Å². The minimum absolute atomic E-state index is 0.279. The lowest BCUT2D eigenvalue weighted by Crippen LogP contribution is -2.11. The molecule has 1 aromatic carbocycles. The number of nitrogens with zero attached hydrogens (tertiary/aromatic N) is 2. The zero-order valence-corrected chi connectivity index (χ0v) is 11.6. The predicted octanol–water partition coefficient (Wildman–Crippen LogP) is 2.57. The molecule has 0 saturated heterocycles. The molecule has 1 aromatic heterocycles. The molecule has 0 unspecified atom stereocenters. The first-order valence-corrected chi connectivity index (χ1v) is 6.18. The van der Waals surface area contributed by atoms with E-state index in [-0.39, 0.29) is 4.99 Å². The second-order valence-corrected chi connectivity index (χ2v) is 4.68. The van der Waals surface area contributed by atoms with Crippen LogP contribution < -0.4 is 15.4 Å². The van der Waals surface area contributed by atoms with Crippen molar-refractivity contribution in [2.45, 2.75) is 0 Å². The van der Waals surface area contributed by atoms with Crippen LogP contribution in [0.2, 0.25) is 0 Å². The van der Waals surface area contributed by atoms with E-state index < -0.39 is 0 Å². The van der Waals surface area contributed by atoms with Crippen molar-refractivity contribution in [2.75, 3.05) is 19.0 Å². The monoisotopic (exact) mass is 273 g/mol. The maximum absolute atomic E-state index is 5.73. The molecule has 0 amide bonds. The van der Waals surface area contributed by atoms with E-state index in [9.17, 15) is 0 Å². The highest BCUT2D eigenvalue weighted by molar-refractivity contribution is 7.80. The average Bonchev–Trinajstić information content (AvgIpc) is 2.39. The van der Waals surface area contributed by atoms with Crippen LogP contribution in [0.3, 0.4) is 0 Å². The Morgan fingerprint density at radius 3 is 2.58 bits per heavy atom. The van der Waals surface area contributed by atoms with Crippen LogP contribution in [0.1, 0.15) is 5.69 Å². The summed E-state index contributed by atoms with van der Waals surface area (Å²) in [7, 11) is 3.97. The van der Waals surface area contributed by atoms with Crippen molar-refractivity contribution >= 4 is 22.9 Å². The Kier molecular flexibility index (Phi) is 3.97. The summed E-state index contributed by atoms with van der Waals surface area (Å²) in [5.41, 5.74) is 7.15. The summed E-state index contributed by atoms with van der Waals surface area (Å²) in [5.74, 6) is 1.41. The lowest BCUT2D eigenvalue weighted by Gasteiger charge is -2.13. The third kappa shape index (κ3) is 3.42. The summed E-state index contributed by atoms with van der Waals surface area (Å²) in [6.45, 7) is 0. The second kappa shape index (κ2) is 5.67. The summed E-state index contributed by atoms with van der Waals surface area (Å²) >= 11 is 4.85. The molecule has 2 N–H and O–H groups in total. The van der Waals surface area contributed by atoms with E-state index in [4.69, 9.17) is 22.7 Å². The normalized spacial score (nSPS) is 10.0. The van der Waals surface area contributed by atoms with Gasteiger partial charge < -0.3 is 15.4 Å². The smallest absolute Gasteiger partial charge is 0.145 e. The van der Waals surface area contributed by atoms with Crippen molar-refractivity contribution in [2.24, 2.45) is 5.73 Å². The minimum atomic E-state index is 0.279. The van der Waals surface area contributed by atoms with Gasteiger partial charge in [0.2, 0.25) is 0 Å². The van der Waals surface area contributed by atoms with Crippen molar-refractivity contribution in [1.82, 2.24) is 4.98 Å². The molecule has 1 heterocycles. The Labute approximate surface area is 117 Å². The number of nitrogens with two attached hydrogens (primary N) is 1. The molecule has 98 valence electrons. The van der Waals surface area contributed by atoms with Gasteiger partial charge in [-0.1, -0.05) is 18.3 Å². The summed E-state index contributed by atoms with van der Waals surface area (Å²) in [6, 6.07) is 11.4. The molecule has 0 atom stereocenters. The Bertz CT molecular complexity index is 581. The SMILES string of the molecule is CN(C)c1cccc(Oc2ccc(C(N)=S)nc2)c1. The molecule has 5 heteroatoms. The molecule has 4 nitrogen and oxygen atoms in total. The number of rotatable bonds is 4. The van der Waals surface area contributed by atoms with Gasteiger partial charge in [-0.05, 0) is 24.3 Å². The van der Waals surface area contributed by atoms with Crippen LogP contribution >= 0.6 is 12.2 Å². The fraction of sp³-hybridized carbons (Fsp3) is 0.143. The molecule has 0 radical (unpaired) electrons. The van der Waals surface area contributed by atoms with Gasteiger partial charge in [-0.3, -0.25) is 0 Å². The number of aromatic nitrogens is 1. The Morgan fingerprint density at radius 1 is 1.21 bits per heavy atom. The van der Waals surface area contributed by atoms with Crippen molar-refractivity contribution < 1.29 is 4.74 Å². The first-order valence-electron chi connectivity index (χ1n) is 5.77. The molecule has 0 spiro atoms. The molecule has 2 rings (SSSR count). The molecule has 0 aliphatic heterocycles. The lowest BCUT2D eigenvalue weighted by atomic mass is 10.3. The van der Waals surface area contributed by atoms with Gasteiger partial charge >= 0.3 is 0 Å². The third-order valence-electron chi connectivity index (χ3n) is 2.56. The molecule has 2 aromatic rings. The second-order valence-electron chi connectivity index (χ2n) is 4.24. The summed E-state index contributed by atoms with van der Waals surface area (Å²) in [6.07, 6.45) is 1.61. The van der Waals surface area contributed by atoms with Crippen molar-refractivity contribution in [1.29, 1.82) is 0 Å². The molecular weight excluding hydrogens is 258 g/mol. The van der Waals surface area contributed by atoms with Crippen LogP contribution in [0.4, 0.5) is 5.69 Å². The minimum Gasteiger partial charge on any atom is -0.456 e. The fourth-order valence-corrected chi connectivity index (χ4v) is 1.67. The van der Waals surface area contributed by atoms with E-state index in [0.717, 1.165) is 11.4 Å². The molecule has 0 saturated carbocycles. The van der Waals surface area contributed by atoms with E-state index in [2.05, 4.69) is 4.98 Å². The van der Waals surface area contributed by atoms with Crippen molar-refractivity contribution in [3.63, 3.8) is 0 Å². The van der Waals surface area contributed by atoms with Gasteiger partial charge in [-0.25, -0.2) is 4.98 Å². The molecule has 19 heavy (non-hydrogen) atoms. The highest BCUT2D eigenvalue weighted by Gasteiger charge is 2.02. The first-order chi connectivity index (χ1) is 9.06. The van der Waals surface area contributed by atoms with Gasteiger partial charge in [0.1, 0.15) is 16.5 Å². The predicted molar refractivity (Wildman–Crippen MR) is 81.0 cm³/mol. The van der Waals surface area contributed by atoms with Gasteiger partial charge in [0.15, 0.2) is 0 Å². The number of hydrogen-bond acceptors (Lipinski definition) is 4. The van der Waals surface area contributed by atoms with Gasteiger partial charge in [0, 0.05) is 25.8 Å². The topological polar surface area (TPSA) is 51.4 Å². The Balaban J connectivity index is 2.16. The maximum atomic E-state index is 5.73. The number of benzene rings is 1. The number of pyridine rings is 1. The van der Waals surface area contributed by atoms with E-state index in [1.807, 2.05) is 43.3 Å². The largest absolute Gasteiger partial charge is 0.456 e. The van der Waals surface area contributed by atoms with Crippen LogP contribution in [0.15, 0.2) is 42.6 Å². The summed E-state index contributed by atoms with van der Waals surface area (Å²) in [4.78, 5) is 6.42. The molecule has 0 aliphatic rings. The van der Waals surface area contributed by atoms with Crippen LogP contribution in [0.25, 0.3) is 0 Å². The van der Waals surface area contributed by atoms with Crippen LogP contribution in [0, 0.1) is 0 Å². The fourth-order valence-electron chi connectivity index (χ4n) is 1.55. The summed E-state index contributed by atoms with van der Waals surface area (Å²) in [5, 5.41) is 0. The number of thiocarbonyl (C=S) groups is 1. The molecule has 0 aliphatic carbocycles. The van der Waals surface area contributed by atoms with E-state index in [1.54, 1.807) is 18.3 Å². The van der Waals surface area contributed by atoms with Crippen LogP contribution in [-0.2, 0) is 0 Å². The van der Waals surface area contributed by atoms with Gasteiger partial charge in [0.05, 0.1) is 11.9 Å². The van der Waals surface area contributed by atoms with Crippen molar-refractivity contribution in [3.05, 3.63) is 48.3 Å². The number of ether oxygens (including phenoxy) is 1. The Hall–Kier alpha value is -2.14. The first kappa shape index (κ1) is 13.3. The molecular formula is C14H15N3OS. The van der Waals surface area contributed by atoms with E-state index in [0.29, 0.717) is 11.4 Å². The average molecular weight is 273 g/mol. The Morgan fingerprint density at radius 2 is 2.00 bits per heavy atom. The standard InChI is InChI=1S/C14H15N3OS/c1-17(2)10-4-3-5-11(8-10)18-12-6-7-13(14(15)19)16-9-12/h3-9H,1-2H3,(H2,15,19). The highest BCUT2D eigenvalue weighted by Crippen LogP contribution is 2.24. The quantitative estimate of drug-likeness (QED) is 0.868. The van der Waals surface area contributed by atoms with Crippen LogP contribution in [-0.4, -0.2) is 24.1 Å². The third-order valence-corrected chi connectivity index (χ3v) is 2.77. The number of hydrogen-bond donors (Lipinski definition) is 1. The summed E-state index contributed by atoms with van der Waals surface area (Å²) < 4.78 is 5.73. The van der Waals surface area contributed by atoms with Crippen LogP contribution in [0.5, 0.6) is 11.5 Å². The lowest BCUT2D eigenvalue weighted by molar-refractivity contribution is 0.480. The van der Waals surface area contributed by atoms with Gasteiger partial charge in [0.25, 0.3) is 0 Å². The molecule has 0 fully saturated rings. The zero-order valence-electron chi connectivity index (χ0n) is 10.8. The van der Waals surface area contributed by atoms with E-state index >= 15 is 0 Å². The number of anilines is 1. The van der Waals surface area contributed by atoms with Crippen molar-refractivity contribution in [3.8, 4) is 11.5 Å². The maximum Gasteiger partial charge on any atom is 0.145 e. The van der Waals surface area contributed by atoms with Gasteiger partial charge in [-0.2, -0.15) is 0 Å². The molecule has 0 bridgehead atoms. The zero-order chi connectivity index (χ0) is 13.8. The van der Waals surface area contributed by atoms with Gasteiger partial charge in [-0.15, -0.1) is 0 Å².